The van der Waals surface area contributed by atoms with E-state index in [0.29, 0.717) is 17.8 Å². The van der Waals surface area contributed by atoms with E-state index < -0.39 is 0 Å². The lowest BCUT2D eigenvalue weighted by molar-refractivity contribution is 0.445. The largest absolute Gasteiger partial charge is 0.0773 e. The maximum absolute atomic E-state index is 5.77. The fourth-order valence-corrected chi connectivity index (χ4v) is 3.05. The number of hydrogen-bond acceptors (Lipinski definition) is 1. The second-order valence-corrected chi connectivity index (χ2v) is 4.84. The van der Waals surface area contributed by atoms with E-state index >= 15 is 0 Å². The van der Waals surface area contributed by atoms with Crippen LogP contribution < -0.4 is 0 Å². The molecule has 0 aromatic rings. The average molecular weight is 225 g/mol. The van der Waals surface area contributed by atoms with Gasteiger partial charge in [-0.1, -0.05) is 59.6 Å². The fraction of sp³-hybridized carbons (Fsp3) is 0.333. The van der Waals surface area contributed by atoms with Crippen molar-refractivity contribution < 1.29 is 0 Å². The van der Waals surface area contributed by atoms with Gasteiger partial charge in [-0.3, -0.25) is 0 Å². The van der Waals surface area contributed by atoms with Crippen LogP contribution in [0.25, 0.3) is 0 Å². The highest BCUT2D eigenvalue weighted by molar-refractivity contribution is 8.21. The van der Waals surface area contributed by atoms with Crippen molar-refractivity contribution >= 4 is 21.7 Å². The van der Waals surface area contributed by atoms with Crippen molar-refractivity contribution in [2.24, 2.45) is 17.8 Å². The maximum atomic E-state index is 5.77. The van der Waals surface area contributed by atoms with Gasteiger partial charge in [0.1, 0.15) is 0 Å². The molecule has 0 spiro atoms. The molecule has 0 saturated heterocycles. The van der Waals surface area contributed by atoms with Gasteiger partial charge in [0.15, 0.2) is 0 Å². The summed E-state index contributed by atoms with van der Waals surface area (Å²) in [6.45, 7) is 0. The lowest BCUT2D eigenvalue weighted by atomic mass is 9.84. The fourth-order valence-electron chi connectivity index (χ4n) is 2.02. The van der Waals surface area contributed by atoms with Crippen LogP contribution in [0.4, 0.5) is 0 Å². The highest BCUT2D eigenvalue weighted by Gasteiger charge is 2.25. The van der Waals surface area contributed by atoms with Gasteiger partial charge < -0.3 is 0 Å². The minimum absolute atomic E-state index is 0.554. The summed E-state index contributed by atoms with van der Waals surface area (Å²) in [5, 5.41) is 0. The zero-order valence-electron chi connectivity index (χ0n) is 7.84. The van der Waals surface area contributed by atoms with Gasteiger partial charge in [-0.05, 0) is 28.4 Å². The highest BCUT2D eigenvalue weighted by atomic mass is 35.7. The van der Waals surface area contributed by atoms with Crippen LogP contribution >= 0.6 is 21.7 Å². The molecule has 0 saturated carbocycles. The van der Waals surface area contributed by atoms with E-state index in [1.165, 1.54) is 11.0 Å². The summed E-state index contributed by atoms with van der Waals surface area (Å²) < 4.78 is 0. The third-order valence-corrected chi connectivity index (χ3v) is 3.69. The Bertz CT molecular complexity index is 249. The Morgan fingerprint density at radius 1 is 0.929 bits per heavy atom. The van der Waals surface area contributed by atoms with Crippen molar-refractivity contribution in [2.75, 3.05) is 5.75 Å². The van der Waals surface area contributed by atoms with Gasteiger partial charge in [0.05, 0.1) is 0 Å². The molecule has 0 bridgehead atoms. The summed E-state index contributed by atoms with van der Waals surface area (Å²) in [7, 11) is 7.19. The summed E-state index contributed by atoms with van der Waals surface area (Å²) in [6.07, 6.45) is 17.5. The van der Waals surface area contributed by atoms with Crippen LogP contribution in [-0.2, 0) is 0 Å². The first-order chi connectivity index (χ1) is 6.92. The first kappa shape index (κ1) is 10.1. The van der Waals surface area contributed by atoms with E-state index in [4.69, 9.17) is 10.7 Å². The molecular weight excluding hydrogens is 212 g/mol. The predicted molar refractivity (Wildman–Crippen MR) is 65.3 cm³/mol. The van der Waals surface area contributed by atoms with Gasteiger partial charge in [-0.2, -0.15) is 0 Å². The molecule has 0 aromatic heterocycles. The third-order valence-electron chi connectivity index (χ3n) is 2.80. The van der Waals surface area contributed by atoms with Crippen molar-refractivity contribution in [3.05, 3.63) is 48.6 Å². The lowest BCUT2D eigenvalue weighted by Crippen LogP contribution is -2.19. The van der Waals surface area contributed by atoms with Crippen molar-refractivity contribution in [1.82, 2.24) is 0 Å². The molecule has 74 valence electrons. The molecule has 14 heavy (non-hydrogen) atoms. The summed E-state index contributed by atoms with van der Waals surface area (Å²) in [5.41, 5.74) is 0. The third kappa shape index (κ3) is 2.15. The summed E-state index contributed by atoms with van der Waals surface area (Å²) >= 11 is 0. The second kappa shape index (κ2) is 4.90. The van der Waals surface area contributed by atoms with Gasteiger partial charge in [0.25, 0.3) is 0 Å². The number of hydrogen-bond donors (Lipinski definition) is 0. The minimum Gasteiger partial charge on any atom is -0.0773 e. The van der Waals surface area contributed by atoms with E-state index in [1.807, 2.05) is 0 Å². The quantitative estimate of drug-likeness (QED) is 0.696. The monoisotopic (exact) mass is 224 g/mol. The molecule has 0 N–H and O–H groups in total. The van der Waals surface area contributed by atoms with Crippen LogP contribution in [0.2, 0.25) is 0 Å². The Balaban J connectivity index is 2.06. The SMILES string of the molecule is ClSCC(C1C=CC=C1)C1C=CC=C1. The van der Waals surface area contributed by atoms with Crippen molar-refractivity contribution in [2.45, 2.75) is 0 Å². The maximum Gasteiger partial charge on any atom is 0.0131 e. The van der Waals surface area contributed by atoms with E-state index in [-0.39, 0.29) is 0 Å². The topological polar surface area (TPSA) is 0 Å². The van der Waals surface area contributed by atoms with E-state index in [1.54, 1.807) is 0 Å². The Morgan fingerprint density at radius 3 is 1.71 bits per heavy atom. The molecule has 2 rings (SSSR count). The molecule has 2 heteroatoms. The molecular formula is C12H13ClS. The van der Waals surface area contributed by atoms with Crippen LogP contribution in [-0.4, -0.2) is 5.75 Å². The van der Waals surface area contributed by atoms with E-state index in [9.17, 15) is 0 Å². The van der Waals surface area contributed by atoms with Gasteiger partial charge in [0, 0.05) is 5.75 Å². The van der Waals surface area contributed by atoms with Crippen LogP contribution in [0.15, 0.2) is 48.6 Å². The number of rotatable bonds is 4. The molecule has 0 nitrogen and oxygen atoms in total. The molecule has 0 aromatic carbocycles. The molecule has 2 aliphatic carbocycles. The molecule has 0 aliphatic heterocycles. The first-order valence-corrected chi connectivity index (χ1v) is 6.66. The number of halogens is 1. The number of allylic oxidation sites excluding steroid dienone is 8. The van der Waals surface area contributed by atoms with Crippen LogP contribution in [0.3, 0.4) is 0 Å². The molecule has 0 amide bonds. The zero-order chi connectivity index (χ0) is 9.80. The summed E-state index contributed by atoms with van der Waals surface area (Å²) in [6, 6.07) is 0. The van der Waals surface area contributed by atoms with Crippen LogP contribution in [0.1, 0.15) is 0 Å². The Labute approximate surface area is 93.9 Å². The Morgan fingerprint density at radius 2 is 1.36 bits per heavy atom. The lowest BCUT2D eigenvalue weighted by Gasteiger charge is -2.23. The van der Waals surface area contributed by atoms with E-state index in [2.05, 4.69) is 48.6 Å². The molecule has 0 radical (unpaired) electrons. The van der Waals surface area contributed by atoms with Crippen molar-refractivity contribution in [3.63, 3.8) is 0 Å². The Kier molecular flexibility index (Phi) is 3.55. The van der Waals surface area contributed by atoms with Gasteiger partial charge >= 0.3 is 0 Å². The normalized spacial score (nSPS) is 20.7. The summed E-state index contributed by atoms with van der Waals surface area (Å²) in [4.78, 5) is 0. The van der Waals surface area contributed by atoms with Gasteiger partial charge in [0.2, 0.25) is 0 Å². The second-order valence-electron chi connectivity index (χ2n) is 3.63. The minimum atomic E-state index is 0.554. The predicted octanol–water partition coefficient (Wildman–Crippen LogP) is 3.97. The summed E-state index contributed by atoms with van der Waals surface area (Å²) in [5.74, 6) is 2.71. The molecule has 0 unspecified atom stereocenters. The van der Waals surface area contributed by atoms with Crippen molar-refractivity contribution in [1.29, 1.82) is 0 Å². The molecule has 2 aliphatic rings. The molecule has 0 fully saturated rings. The molecule has 0 heterocycles. The highest BCUT2D eigenvalue weighted by Crippen LogP contribution is 2.33. The van der Waals surface area contributed by atoms with Gasteiger partial charge in [-0.15, -0.1) is 0 Å². The van der Waals surface area contributed by atoms with E-state index in [0.717, 1.165) is 5.75 Å². The standard InChI is InChI=1S/C12H13ClS/c13-14-9-12(10-5-1-2-6-10)11-7-3-4-8-11/h1-8,10-12H,9H2. The van der Waals surface area contributed by atoms with Crippen LogP contribution in [0, 0.1) is 17.8 Å². The molecule has 0 atom stereocenters. The average Bonchev–Trinajstić information content (AvgIpc) is 2.87. The Hall–Kier alpha value is -0.400. The zero-order valence-corrected chi connectivity index (χ0v) is 9.42. The van der Waals surface area contributed by atoms with Gasteiger partial charge in [-0.25, -0.2) is 0 Å². The first-order valence-electron chi connectivity index (χ1n) is 4.85. The van der Waals surface area contributed by atoms with Crippen molar-refractivity contribution in [3.8, 4) is 0 Å². The smallest absolute Gasteiger partial charge is 0.0131 e. The van der Waals surface area contributed by atoms with Crippen LogP contribution in [0.5, 0.6) is 0 Å².